The van der Waals surface area contributed by atoms with E-state index in [9.17, 15) is 0 Å². The van der Waals surface area contributed by atoms with Gasteiger partial charge in [0.15, 0.2) is 0 Å². The molecule has 0 aliphatic rings. The maximum absolute atomic E-state index is 5.80. The Morgan fingerprint density at radius 1 is 1.31 bits per heavy atom. The van der Waals surface area contributed by atoms with E-state index in [0.29, 0.717) is 6.61 Å². The average molecular weight is 222 g/mol. The number of aromatic nitrogens is 1. The summed E-state index contributed by atoms with van der Waals surface area (Å²) in [6, 6.07) is 4.04. The first-order valence-corrected chi connectivity index (χ1v) is 5.90. The number of hydrogen-bond acceptors (Lipinski definition) is 3. The molecule has 0 unspecified atom stereocenters. The summed E-state index contributed by atoms with van der Waals surface area (Å²) in [5.74, 6) is 0.918. The van der Waals surface area contributed by atoms with Crippen LogP contribution in [0.15, 0.2) is 18.3 Å². The lowest BCUT2D eigenvalue weighted by Gasteiger charge is -2.23. The number of nitrogens with zero attached hydrogens (tertiary/aromatic N) is 1. The Balaban J connectivity index is 2.49. The monoisotopic (exact) mass is 222 g/mol. The Bertz CT molecular complexity index is 306. The van der Waals surface area contributed by atoms with E-state index in [1.54, 1.807) is 0 Å². The zero-order valence-electron chi connectivity index (χ0n) is 10.7. The van der Waals surface area contributed by atoms with Crippen LogP contribution in [0.2, 0.25) is 0 Å². The lowest BCUT2D eigenvalue weighted by Crippen LogP contribution is -2.22. The molecule has 3 heteroatoms. The quantitative estimate of drug-likeness (QED) is 0.802. The van der Waals surface area contributed by atoms with E-state index in [1.807, 2.05) is 12.3 Å². The number of rotatable bonds is 6. The summed E-state index contributed by atoms with van der Waals surface area (Å²) in [4.78, 5) is 4.30. The Morgan fingerprint density at radius 3 is 2.56 bits per heavy atom. The van der Waals surface area contributed by atoms with Crippen molar-refractivity contribution in [3.05, 3.63) is 23.9 Å². The van der Waals surface area contributed by atoms with Gasteiger partial charge in [-0.3, -0.25) is 0 Å². The summed E-state index contributed by atoms with van der Waals surface area (Å²) in [6.45, 7) is 9.92. The smallest absolute Gasteiger partial charge is 0.125 e. The highest BCUT2D eigenvalue weighted by atomic mass is 16.5. The summed E-state index contributed by atoms with van der Waals surface area (Å²) in [7, 11) is 0. The molecule has 1 rings (SSSR count). The van der Waals surface area contributed by atoms with Crippen molar-refractivity contribution >= 4 is 5.82 Å². The zero-order chi connectivity index (χ0) is 12.0. The third-order valence-corrected chi connectivity index (χ3v) is 2.66. The van der Waals surface area contributed by atoms with Crippen molar-refractivity contribution < 1.29 is 4.74 Å². The fourth-order valence-electron chi connectivity index (χ4n) is 1.18. The van der Waals surface area contributed by atoms with E-state index in [-0.39, 0.29) is 5.60 Å². The minimum absolute atomic E-state index is 0.0552. The largest absolute Gasteiger partial charge is 0.371 e. The second kappa shape index (κ2) is 5.85. The maximum atomic E-state index is 5.80. The Kier molecular flexibility index (Phi) is 4.74. The number of pyridine rings is 1. The number of nitrogens with one attached hydrogen (secondary N) is 1. The molecule has 90 valence electrons. The van der Waals surface area contributed by atoms with Gasteiger partial charge >= 0.3 is 0 Å². The molecule has 0 atom stereocenters. The molecule has 3 nitrogen and oxygen atoms in total. The Labute approximate surface area is 98.2 Å². The third-order valence-electron chi connectivity index (χ3n) is 2.66. The summed E-state index contributed by atoms with van der Waals surface area (Å²) >= 11 is 0. The van der Waals surface area contributed by atoms with E-state index in [4.69, 9.17) is 4.74 Å². The maximum Gasteiger partial charge on any atom is 0.125 e. The second-order valence-electron chi connectivity index (χ2n) is 4.48. The number of hydrogen-bond donors (Lipinski definition) is 1. The van der Waals surface area contributed by atoms with E-state index < -0.39 is 0 Å². The van der Waals surface area contributed by atoms with Gasteiger partial charge in [-0.15, -0.1) is 0 Å². The molecular formula is C13H22N2O. The summed E-state index contributed by atoms with van der Waals surface area (Å²) in [5.41, 5.74) is 1.06. The molecular weight excluding hydrogens is 200 g/mol. The number of ether oxygens (including phenoxy) is 1. The van der Waals surface area contributed by atoms with Crippen LogP contribution in [0.4, 0.5) is 5.82 Å². The lowest BCUT2D eigenvalue weighted by atomic mass is 10.1. The van der Waals surface area contributed by atoms with Crippen LogP contribution >= 0.6 is 0 Å². The fraction of sp³-hybridized carbons (Fsp3) is 0.615. The van der Waals surface area contributed by atoms with Gasteiger partial charge in [-0.05, 0) is 38.8 Å². The van der Waals surface area contributed by atoms with Gasteiger partial charge in [-0.25, -0.2) is 4.98 Å². The van der Waals surface area contributed by atoms with Crippen LogP contribution in [0.25, 0.3) is 0 Å². The molecule has 0 bridgehead atoms. The zero-order valence-corrected chi connectivity index (χ0v) is 10.7. The number of anilines is 1. The topological polar surface area (TPSA) is 34.1 Å². The van der Waals surface area contributed by atoms with Crippen molar-refractivity contribution in [3.63, 3.8) is 0 Å². The predicted molar refractivity (Wildman–Crippen MR) is 67.6 cm³/mol. The molecule has 1 N–H and O–H groups in total. The van der Waals surface area contributed by atoms with Crippen molar-refractivity contribution in [3.8, 4) is 0 Å². The Morgan fingerprint density at radius 2 is 2.06 bits per heavy atom. The summed E-state index contributed by atoms with van der Waals surface area (Å²) < 4.78 is 5.80. The van der Waals surface area contributed by atoms with Crippen LogP contribution in [0.5, 0.6) is 0 Å². The van der Waals surface area contributed by atoms with Crippen LogP contribution in [0.3, 0.4) is 0 Å². The molecule has 0 fully saturated rings. The van der Waals surface area contributed by atoms with Crippen molar-refractivity contribution in [1.82, 2.24) is 4.98 Å². The molecule has 1 aromatic heterocycles. The molecule has 0 aromatic carbocycles. The summed E-state index contributed by atoms with van der Waals surface area (Å²) in [6.07, 6.45) is 2.87. The first-order chi connectivity index (χ1) is 7.57. The van der Waals surface area contributed by atoms with E-state index in [1.165, 1.54) is 0 Å². The predicted octanol–water partition coefficient (Wildman–Crippen LogP) is 3.22. The molecule has 0 aliphatic heterocycles. The molecule has 0 spiro atoms. The van der Waals surface area contributed by atoms with Crippen molar-refractivity contribution in [2.75, 3.05) is 11.9 Å². The van der Waals surface area contributed by atoms with Gasteiger partial charge in [0.05, 0.1) is 12.2 Å². The van der Waals surface area contributed by atoms with E-state index >= 15 is 0 Å². The van der Waals surface area contributed by atoms with E-state index in [2.05, 4.69) is 44.1 Å². The van der Waals surface area contributed by atoms with Gasteiger partial charge in [-0.2, -0.15) is 0 Å². The molecule has 1 aromatic rings. The fourth-order valence-corrected chi connectivity index (χ4v) is 1.18. The molecule has 0 aliphatic carbocycles. The molecule has 16 heavy (non-hydrogen) atoms. The van der Waals surface area contributed by atoms with Gasteiger partial charge in [0.25, 0.3) is 0 Å². The van der Waals surface area contributed by atoms with E-state index in [0.717, 1.165) is 24.3 Å². The van der Waals surface area contributed by atoms with Gasteiger partial charge in [0.1, 0.15) is 5.82 Å². The van der Waals surface area contributed by atoms with Gasteiger partial charge in [0, 0.05) is 12.7 Å². The standard InChI is InChI=1S/C13H22N2O/c1-5-13(3,4)16-10-11-7-8-12(14-6-2)15-9-11/h7-9H,5-6,10H2,1-4H3,(H,14,15). The van der Waals surface area contributed by atoms with Crippen molar-refractivity contribution in [1.29, 1.82) is 0 Å². The van der Waals surface area contributed by atoms with Crippen LogP contribution in [-0.4, -0.2) is 17.1 Å². The van der Waals surface area contributed by atoms with Gasteiger partial charge < -0.3 is 10.1 Å². The lowest BCUT2D eigenvalue weighted by molar-refractivity contribution is -0.0317. The minimum Gasteiger partial charge on any atom is -0.371 e. The molecule has 0 amide bonds. The molecule has 0 radical (unpaired) electrons. The molecule has 0 saturated heterocycles. The summed E-state index contributed by atoms with van der Waals surface area (Å²) in [5, 5.41) is 3.17. The first kappa shape index (κ1) is 13.0. The van der Waals surface area contributed by atoms with Crippen molar-refractivity contribution in [2.45, 2.75) is 46.3 Å². The van der Waals surface area contributed by atoms with Crippen LogP contribution in [-0.2, 0) is 11.3 Å². The highest BCUT2D eigenvalue weighted by molar-refractivity contribution is 5.34. The molecule has 0 saturated carbocycles. The van der Waals surface area contributed by atoms with Gasteiger partial charge in [-0.1, -0.05) is 13.0 Å². The SMILES string of the molecule is CCNc1ccc(COC(C)(C)CC)cn1. The van der Waals surface area contributed by atoms with Gasteiger partial charge in [0.2, 0.25) is 0 Å². The van der Waals surface area contributed by atoms with Crippen LogP contribution < -0.4 is 5.32 Å². The Hall–Kier alpha value is -1.09. The molecule has 1 heterocycles. The van der Waals surface area contributed by atoms with Crippen LogP contribution in [0, 0.1) is 0 Å². The third kappa shape index (κ3) is 4.19. The minimum atomic E-state index is -0.0552. The highest BCUT2D eigenvalue weighted by Gasteiger charge is 2.14. The van der Waals surface area contributed by atoms with Crippen LogP contribution in [0.1, 0.15) is 39.7 Å². The highest BCUT2D eigenvalue weighted by Crippen LogP contribution is 2.16. The first-order valence-electron chi connectivity index (χ1n) is 5.90. The second-order valence-corrected chi connectivity index (χ2v) is 4.48. The van der Waals surface area contributed by atoms with Crippen molar-refractivity contribution in [2.24, 2.45) is 0 Å². The average Bonchev–Trinajstić information content (AvgIpc) is 2.29. The normalized spacial score (nSPS) is 11.5.